The maximum Gasteiger partial charge on any atom is 0.252 e. The first-order valence-electron chi connectivity index (χ1n) is 15.1. The molecule has 226 valence electrons. The second-order valence-corrected chi connectivity index (χ2v) is 11.4. The van der Waals surface area contributed by atoms with Crippen molar-refractivity contribution in [2.24, 2.45) is 0 Å². The van der Waals surface area contributed by atoms with Gasteiger partial charge in [-0.15, -0.1) is 0 Å². The van der Waals surface area contributed by atoms with E-state index in [1.807, 2.05) is 26.0 Å². The standard InChI is InChI=1S/C33H45N5O4/c1-5-37(29-10-14-41-15-11-29)31-19-28(27-8-6-26(7-9-27)22-36-12-16-42-17-13-36)20-32(25(31)4)38(40)34-21-30-23(2)18-24(3)35-33(30)39/h6-9,18-20,29,34,40H,5,10-17,21-22H2,1-4H3,(H,35,39). The Balaban J connectivity index is 1.46. The van der Waals surface area contributed by atoms with Crippen LogP contribution >= 0.6 is 0 Å². The molecule has 9 nitrogen and oxygen atoms in total. The van der Waals surface area contributed by atoms with Crippen LogP contribution in [0.5, 0.6) is 0 Å². The van der Waals surface area contributed by atoms with Gasteiger partial charge in [-0.1, -0.05) is 24.3 Å². The molecular weight excluding hydrogens is 530 g/mol. The SMILES string of the molecule is CCN(c1cc(-c2ccc(CN3CCOCC3)cc2)cc(N(O)NCc2c(C)cc(C)[nH]c2=O)c1C)C1CCOCC1. The third-order valence-corrected chi connectivity index (χ3v) is 8.56. The molecule has 3 heterocycles. The number of anilines is 2. The number of hydrazine groups is 1. The van der Waals surface area contributed by atoms with Crippen molar-refractivity contribution in [2.45, 2.75) is 59.7 Å². The number of morpholine rings is 1. The Hall–Kier alpha value is -3.21. The number of rotatable bonds is 10. The summed E-state index contributed by atoms with van der Waals surface area (Å²) in [6, 6.07) is 15.3. The largest absolute Gasteiger partial charge is 0.381 e. The molecule has 0 atom stereocenters. The van der Waals surface area contributed by atoms with E-state index >= 15 is 0 Å². The van der Waals surface area contributed by atoms with E-state index in [2.05, 4.69) is 64.4 Å². The Morgan fingerprint density at radius 2 is 1.62 bits per heavy atom. The zero-order valence-corrected chi connectivity index (χ0v) is 25.4. The molecule has 3 N–H and O–H groups in total. The number of pyridine rings is 1. The summed E-state index contributed by atoms with van der Waals surface area (Å²) in [6.45, 7) is 15.0. The molecule has 2 aliphatic heterocycles. The number of benzene rings is 2. The molecule has 9 heteroatoms. The van der Waals surface area contributed by atoms with Gasteiger partial charge in [0, 0.05) is 68.9 Å². The zero-order valence-electron chi connectivity index (χ0n) is 25.4. The highest BCUT2D eigenvalue weighted by Crippen LogP contribution is 2.37. The van der Waals surface area contributed by atoms with Crippen molar-refractivity contribution in [1.82, 2.24) is 15.3 Å². The van der Waals surface area contributed by atoms with E-state index in [9.17, 15) is 10.0 Å². The lowest BCUT2D eigenvalue weighted by atomic mass is 9.97. The fourth-order valence-corrected chi connectivity index (χ4v) is 6.15. The van der Waals surface area contributed by atoms with E-state index in [0.29, 0.717) is 17.3 Å². The Bertz CT molecular complexity index is 1390. The smallest absolute Gasteiger partial charge is 0.252 e. The van der Waals surface area contributed by atoms with Crippen molar-refractivity contribution in [3.63, 3.8) is 0 Å². The number of hydrogen-bond acceptors (Lipinski definition) is 8. The summed E-state index contributed by atoms with van der Waals surface area (Å²) in [7, 11) is 0. The average molecular weight is 576 g/mol. The molecule has 0 amide bonds. The molecule has 5 rings (SSSR count). The molecule has 2 fully saturated rings. The van der Waals surface area contributed by atoms with Gasteiger partial charge in [0.15, 0.2) is 0 Å². The second-order valence-electron chi connectivity index (χ2n) is 11.4. The number of aryl methyl sites for hydroxylation is 2. The van der Waals surface area contributed by atoms with Gasteiger partial charge in [0.25, 0.3) is 5.56 Å². The molecule has 0 spiro atoms. The van der Waals surface area contributed by atoms with Gasteiger partial charge in [0.2, 0.25) is 0 Å². The number of hydrogen-bond donors (Lipinski definition) is 3. The van der Waals surface area contributed by atoms with Gasteiger partial charge in [0.1, 0.15) is 0 Å². The summed E-state index contributed by atoms with van der Waals surface area (Å²) >= 11 is 0. The van der Waals surface area contributed by atoms with Crippen LogP contribution < -0.4 is 21.1 Å². The minimum Gasteiger partial charge on any atom is -0.381 e. The van der Waals surface area contributed by atoms with Crippen LogP contribution in [0.25, 0.3) is 11.1 Å². The summed E-state index contributed by atoms with van der Waals surface area (Å²) in [5, 5.41) is 12.4. The van der Waals surface area contributed by atoms with E-state index in [1.165, 1.54) is 5.56 Å². The van der Waals surface area contributed by atoms with Crippen LogP contribution in [0.1, 0.15) is 47.7 Å². The van der Waals surface area contributed by atoms with Gasteiger partial charge < -0.3 is 19.4 Å². The van der Waals surface area contributed by atoms with Crippen LogP contribution in [0, 0.1) is 20.8 Å². The van der Waals surface area contributed by atoms with Gasteiger partial charge in [0.05, 0.1) is 18.9 Å². The number of aromatic nitrogens is 1. The first-order chi connectivity index (χ1) is 20.3. The number of nitrogens with one attached hydrogen (secondary N) is 2. The molecule has 2 saturated heterocycles. The Kier molecular flexibility index (Phi) is 9.97. The molecule has 2 aliphatic rings. The molecule has 0 radical (unpaired) electrons. The van der Waals surface area contributed by atoms with E-state index in [-0.39, 0.29) is 12.1 Å². The van der Waals surface area contributed by atoms with Gasteiger partial charge in [-0.2, -0.15) is 5.17 Å². The second kappa shape index (κ2) is 13.8. The highest BCUT2D eigenvalue weighted by Gasteiger charge is 2.25. The molecule has 42 heavy (non-hydrogen) atoms. The van der Waals surface area contributed by atoms with E-state index in [1.54, 1.807) is 0 Å². The van der Waals surface area contributed by atoms with Crippen LogP contribution in [-0.4, -0.2) is 67.2 Å². The first kappa shape index (κ1) is 30.3. The number of H-pyrrole nitrogens is 1. The Labute approximate surface area is 249 Å². The predicted molar refractivity (Wildman–Crippen MR) is 167 cm³/mol. The third-order valence-electron chi connectivity index (χ3n) is 8.56. The topological polar surface area (TPSA) is 93.3 Å². The van der Waals surface area contributed by atoms with Gasteiger partial charge >= 0.3 is 0 Å². The van der Waals surface area contributed by atoms with Crippen molar-refractivity contribution in [2.75, 3.05) is 56.1 Å². The van der Waals surface area contributed by atoms with Gasteiger partial charge in [-0.3, -0.25) is 14.9 Å². The quantitative estimate of drug-likeness (QED) is 0.300. The van der Waals surface area contributed by atoms with Crippen molar-refractivity contribution >= 4 is 11.4 Å². The third kappa shape index (κ3) is 7.04. The van der Waals surface area contributed by atoms with Gasteiger partial charge in [-0.25, -0.2) is 5.43 Å². The molecule has 0 saturated carbocycles. The first-order valence-corrected chi connectivity index (χ1v) is 15.1. The lowest BCUT2D eigenvalue weighted by Gasteiger charge is -2.37. The summed E-state index contributed by atoms with van der Waals surface area (Å²) in [5.74, 6) is 0. The highest BCUT2D eigenvalue weighted by atomic mass is 16.5. The fourth-order valence-electron chi connectivity index (χ4n) is 6.15. The molecule has 0 bridgehead atoms. The van der Waals surface area contributed by atoms with Crippen LogP contribution in [0.2, 0.25) is 0 Å². The average Bonchev–Trinajstić information content (AvgIpc) is 2.99. The van der Waals surface area contributed by atoms with E-state index in [0.717, 1.165) is 104 Å². The number of aromatic amines is 1. The van der Waals surface area contributed by atoms with Crippen molar-refractivity contribution in [1.29, 1.82) is 0 Å². The predicted octanol–water partition coefficient (Wildman–Crippen LogP) is 4.71. The minimum atomic E-state index is -0.145. The monoisotopic (exact) mass is 575 g/mol. The lowest BCUT2D eigenvalue weighted by Crippen LogP contribution is -2.40. The zero-order chi connectivity index (χ0) is 29.6. The summed E-state index contributed by atoms with van der Waals surface area (Å²) in [4.78, 5) is 20.3. The van der Waals surface area contributed by atoms with Crippen molar-refractivity contribution < 1.29 is 14.7 Å². The summed E-state index contributed by atoms with van der Waals surface area (Å²) in [6.07, 6.45) is 1.94. The summed E-state index contributed by atoms with van der Waals surface area (Å²) in [5.41, 5.74) is 11.3. The molecule has 1 aromatic heterocycles. The van der Waals surface area contributed by atoms with Crippen molar-refractivity contribution in [3.05, 3.63) is 80.8 Å². The van der Waals surface area contributed by atoms with Crippen molar-refractivity contribution in [3.8, 4) is 11.1 Å². The normalized spacial score (nSPS) is 16.5. The Morgan fingerprint density at radius 1 is 0.952 bits per heavy atom. The van der Waals surface area contributed by atoms with Gasteiger partial charge in [-0.05, 0) is 86.6 Å². The van der Waals surface area contributed by atoms with Crippen LogP contribution in [0.15, 0.2) is 47.3 Å². The molecule has 2 aromatic carbocycles. The van der Waals surface area contributed by atoms with E-state index < -0.39 is 0 Å². The minimum absolute atomic E-state index is 0.145. The van der Waals surface area contributed by atoms with Crippen LogP contribution in [-0.2, 0) is 22.6 Å². The molecule has 0 aliphatic carbocycles. The summed E-state index contributed by atoms with van der Waals surface area (Å²) < 4.78 is 11.2. The molecule has 3 aromatic rings. The highest BCUT2D eigenvalue weighted by molar-refractivity contribution is 5.78. The van der Waals surface area contributed by atoms with Crippen LogP contribution in [0.4, 0.5) is 11.4 Å². The maximum absolute atomic E-state index is 12.6. The Morgan fingerprint density at radius 3 is 2.29 bits per heavy atom. The van der Waals surface area contributed by atoms with E-state index in [4.69, 9.17) is 9.47 Å². The maximum atomic E-state index is 12.6. The van der Waals surface area contributed by atoms with Crippen LogP contribution in [0.3, 0.4) is 0 Å². The number of ether oxygens (including phenoxy) is 2. The number of nitrogens with zero attached hydrogens (tertiary/aromatic N) is 3. The lowest BCUT2D eigenvalue weighted by molar-refractivity contribution is 0.0342. The molecule has 0 unspecified atom stereocenters. The fraction of sp³-hybridized carbons (Fsp3) is 0.485. The molecular formula is C33H45N5O4.